The third-order valence-corrected chi connectivity index (χ3v) is 8.48. The molecular weight excluding hydrogens is 594 g/mol. The van der Waals surface area contributed by atoms with Crippen LogP contribution in [0.4, 0.5) is 0 Å². The molecular formula is C37H43N5O5. The molecule has 10 nitrogen and oxygen atoms in total. The summed E-state index contributed by atoms with van der Waals surface area (Å²) >= 11 is 0. The van der Waals surface area contributed by atoms with Crippen LogP contribution < -0.4 is 20.9 Å². The van der Waals surface area contributed by atoms with E-state index in [9.17, 15) is 14.4 Å². The molecule has 0 fully saturated rings. The zero-order chi connectivity index (χ0) is 33.2. The third-order valence-electron chi connectivity index (χ3n) is 8.48. The molecule has 2 aromatic heterocycles. The summed E-state index contributed by atoms with van der Waals surface area (Å²) in [6.07, 6.45) is 3.57. The maximum atomic E-state index is 13.6. The number of carbonyl (C=O) groups is 3. The molecule has 0 aliphatic rings. The number of aromatic nitrogens is 2. The van der Waals surface area contributed by atoms with Gasteiger partial charge in [-0.15, -0.1) is 0 Å². The second-order valence-corrected chi connectivity index (χ2v) is 11.7. The minimum absolute atomic E-state index is 0.121. The van der Waals surface area contributed by atoms with Gasteiger partial charge in [-0.05, 0) is 67.1 Å². The van der Waals surface area contributed by atoms with Crippen molar-refractivity contribution < 1.29 is 24.0 Å². The molecule has 0 unspecified atom stereocenters. The van der Waals surface area contributed by atoms with E-state index in [-0.39, 0.29) is 24.1 Å². The summed E-state index contributed by atoms with van der Waals surface area (Å²) < 4.78 is 5.40. The number of methoxy groups -OCH3 is 1. The van der Waals surface area contributed by atoms with Crippen molar-refractivity contribution in [1.29, 1.82) is 0 Å². The number of unbranched alkanes of at least 4 members (excludes halogenated alkanes) is 2. The van der Waals surface area contributed by atoms with Gasteiger partial charge in [-0.3, -0.25) is 19.2 Å². The van der Waals surface area contributed by atoms with Crippen molar-refractivity contribution in [2.75, 3.05) is 20.8 Å². The average Bonchev–Trinajstić information content (AvgIpc) is 3.60. The van der Waals surface area contributed by atoms with Crippen LogP contribution in [0.25, 0.3) is 33.1 Å². The monoisotopic (exact) mass is 637 g/mol. The Bertz CT molecular complexity index is 1830. The van der Waals surface area contributed by atoms with Gasteiger partial charge in [-0.2, -0.15) is 0 Å². The summed E-state index contributed by atoms with van der Waals surface area (Å²) in [6, 6.07) is 23.3. The molecule has 0 aliphatic carbocycles. The van der Waals surface area contributed by atoms with Gasteiger partial charge >= 0.3 is 0 Å². The molecule has 3 amide bonds. The highest BCUT2D eigenvalue weighted by molar-refractivity contribution is 5.94. The molecule has 0 spiro atoms. The predicted molar refractivity (Wildman–Crippen MR) is 184 cm³/mol. The number of rotatable bonds is 16. The summed E-state index contributed by atoms with van der Waals surface area (Å²) in [6.45, 7) is 2.35. The van der Waals surface area contributed by atoms with E-state index in [2.05, 4.69) is 55.2 Å². The molecule has 3 aromatic carbocycles. The number of hydrogen-bond donors (Lipinski definition) is 5. The standard InChI is InChI=1S/C37H43N5O5/c1-24-29(30-22-26(46-2)18-19-32(30)39-24)23-35(44)40-33(16-8-5-9-17-34(43)42-47-3)37(45)38-21-20-28-27-14-10-11-15-31(27)41-36(28)25-12-6-4-7-13-25/h4,6-7,10-15,18-19,22,33,39,41H,5,8-9,16-17,20-21,23H2,1-3H3,(H,38,45)(H,40,44)(H,42,43)/t33-/m0/s1. The number of ether oxygens (including phenoxy) is 1. The second-order valence-electron chi connectivity index (χ2n) is 11.7. The lowest BCUT2D eigenvalue weighted by molar-refractivity contribution is -0.131. The molecule has 0 radical (unpaired) electrons. The first-order chi connectivity index (χ1) is 22.9. The van der Waals surface area contributed by atoms with Crippen LogP contribution in [0.5, 0.6) is 5.75 Å². The van der Waals surface area contributed by atoms with Crippen molar-refractivity contribution in [3.63, 3.8) is 0 Å². The van der Waals surface area contributed by atoms with Crippen LogP contribution in [0, 0.1) is 6.92 Å². The van der Waals surface area contributed by atoms with Crippen molar-refractivity contribution in [1.82, 2.24) is 26.1 Å². The van der Waals surface area contributed by atoms with Gasteiger partial charge in [0.2, 0.25) is 17.7 Å². The SMILES string of the molecule is CONC(=O)CCCCC[C@H](NC(=O)Cc1c(C)[nH]c2ccc(OC)cc12)C(=O)NCCc1c(-c2ccccc2)[nH]c2ccccc12. The second kappa shape index (κ2) is 16.0. The van der Waals surface area contributed by atoms with E-state index in [1.165, 1.54) is 7.11 Å². The Kier molecular flexibility index (Phi) is 11.3. The molecule has 0 bridgehead atoms. The predicted octanol–water partition coefficient (Wildman–Crippen LogP) is 5.65. The molecule has 0 saturated carbocycles. The highest BCUT2D eigenvalue weighted by Crippen LogP contribution is 2.31. The van der Waals surface area contributed by atoms with E-state index in [0.29, 0.717) is 44.4 Å². The molecule has 246 valence electrons. The maximum Gasteiger partial charge on any atom is 0.243 e. The summed E-state index contributed by atoms with van der Waals surface area (Å²) in [5, 5.41) is 8.13. The normalized spacial score (nSPS) is 11.8. The van der Waals surface area contributed by atoms with Crippen LogP contribution in [0.2, 0.25) is 0 Å². The summed E-state index contributed by atoms with van der Waals surface area (Å²) in [5.74, 6) is 0.0570. The number of hydroxylamine groups is 1. The van der Waals surface area contributed by atoms with Crippen molar-refractivity contribution >= 4 is 39.5 Å². The van der Waals surface area contributed by atoms with Crippen LogP contribution >= 0.6 is 0 Å². The van der Waals surface area contributed by atoms with Gasteiger partial charge in [0.05, 0.1) is 20.6 Å². The lowest BCUT2D eigenvalue weighted by atomic mass is 10.0. The minimum atomic E-state index is -0.716. The Hall–Kier alpha value is -5.09. The van der Waals surface area contributed by atoms with E-state index >= 15 is 0 Å². The van der Waals surface area contributed by atoms with Gasteiger partial charge in [0.15, 0.2) is 0 Å². The summed E-state index contributed by atoms with van der Waals surface area (Å²) in [5.41, 5.74) is 9.30. The molecule has 10 heteroatoms. The van der Waals surface area contributed by atoms with Crippen LogP contribution in [0.3, 0.4) is 0 Å². The molecule has 0 saturated heterocycles. The van der Waals surface area contributed by atoms with E-state index in [1.807, 2.05) is 55.5 Å². The number of nitrogens with one attached hydrogen (secondary N) is 5. The number of fused-ring (bicyclic) bond motifs is 2. The van der Waals surface area contributed by atoms with Gasteiger partial charge in [0.1, 0.15) is 11.8 Å². The van der Waals surface area contributed by atoms with Gasteiger partial charge in [0.25, 0.3) is 0 Å². The number of carbonyl (C=O) groups excluding carboxylic acids is 3. The Morgan fingerprint density at radius 2 is 1.57 bits per heavy atom. The molecule has 5 aromatic rings. The Labute approximate surface area is 274 Å². The van der Waals surface area contributed by atoms with Gasteiger partial charge < -0.3 is 25.3 Å². The zero-order valence-electron chi connectivity index (χ0n) is 27.2. The van der Waals surface area contributed by atoms with Crippen LogP contribution in [-0.2, 0) is 32.1 Å². The number of aryl methyl sites for hydroxylation is 1. The Morgan fingerprint density at radius 1 is 0.809 bits per heavy atom. The lowest BCUT2D eigenvalue weighted by Gasteiger charge is -2.19. The number of amides is 3. The zero-order valence-corrected chi connectivity index (χ0v) is 27.2. The van der Waals surface area contributed by atoms with E-state index in [0.717, 1.165) is 56.3 Å². The van der Waals surface area contributed by atoms with Crippen molar-refractivity contribution in [2.24, 2.45) is 0 Å². The van der Waals surface area contributed by atoms with Gasteiger partial charge in [0, 0.05) is 46.2 Å². The van der Waals surface area contributed by atoms with Crippen LogP contribution in [0.15, 0.2) is 72.8 Å². The van der Waals surface area contributed by atoms with Crippen LogP contribution in [-0.4, -0.2) is 54.5 Å². The topological polar surface area (TPSA) is 137 Å². The number of benzene rings is 3. The van der Waals surface area contributed by atoms with E-state index in [1.54, 1.807) is 7.11 Å². The molecule has 2 heterocycles. The largest absolute Gasteiger partial charge is 0.497 e. The highest BCUT2D eigenvalue weighted by Gasteiger charge is 2.23. The highest BCUT2D eigenvalue weighted by atomic mass is 16.6. The van der Waals surface area contributed by atoms with Gasteiger partial charge in [-0.1, -0.05) is 61.4 Å². The third kappa shape index (κ3) is 8.39. The van der Waals surface area contributed by atoms with Crippen molar-refractivity contribution in [3.05, 3.63) is 89.6 Å². The lowest BCUT2D eigenvalue weighted by Crippen LogP contribution is -2.47. The quantitative estimate of drug-likeness (QED) is 0.0704. The summed E-state index contributed by atoms with van der Waals surface area (Å²) in [7, 11) is 3.01. The Balaban J connectivity index is 1.26. The molecule has 0 aliphatic heterocycles. The minimum Gasteiger partial charge on any atom is -0.497 e. The fourth-order valence-electron chi connectivity index (χ4n) is 6.11. The molecule has 1 atom stereocenters. The Morgan fingerprint density at radius 3 is 2.36 bits per heavy atom. The van der Waals surface area contributed by atoms with E-state index in [4.69, 9.17) is 4.74 Å². The molecule has 5 rings (SSSR count). The van der Waals surface area contributed by atoms with Crippen molar-refractivity contribution in [3.8, 4) is 17.0 Å². The fraction of sp³-hybridized carbons (Fsp3) is 0.324. The number of hydrogen-bond acceptors (Lipinski definition) is 5. The maximum absolute atomic E-state index is 13.6. The first kappa shape index (κ1) is 33.3. The molecule has 47 heavy (non-hydrogen) atoms. The molecule has 5 N–H and O–H groups in total. The number of aromatic amines is 2. The first-order valence-electron chi connectivity index (χ1n) is 16.1. The number of H-pyrrole nitrogens is 2. The smallest absolute Gasteiger partial charge is 0.243 e. The van der Waals surface area contributed by atoms with Crippen LogP contribution in [0.1, 0.15) is 48.9 Å². The summed E-state index contributed by atoms with van der Waals surface area (Å²) in [4.78, 5) is 50.4. The van der Waals surface area contributed by atoms with Gasteiger partial charge in [-0.25, -0.2) is 5.48 Å². The number of para-hydroxylation sites is 1. The van der Waals surface area contributed by atoms with E-state index < -0.39 is 6.04 Å². The average molecular weight is 638 g/mol. The fourth-order valence-corrected chi connectivity index (χ4v) is 6.11. The van der Waals surface area contributed by atoms with Crippen molar-refractivity contribution in [2.45, 2.75) is 57.9 Å². The first-order valence-corrected chi connectivity index (χ1v) is 16.1.